The number of rotatable bonds is 5. The highest BCUT2D eigenvalue weighted by Crippen LogP contribution is 2.09. The average Bonchev–Trinajstić information content (AvgIpc) is 2.39. The maximum Gasteiger partial charge on any atom is 0.123 e. The molecule has 0 fully saturated rings. The standard InChI is InChI=1S/C15H17FN2/c1-17-15(11-14-7-2-3-8-18-14)10-12-5-4-6-13(16)9-12/h2-9,15,17H,10-11H2,1H3. The molecule has 0 spiro atoms. The van der Waals surface area contributed by atoms with Gasteiger partial charge in [-0.3, -0.25) is 4.98 Å². The highest BCUT2D eigenvalue weighted by atomic mass is 19.1. The molecule has 0 aliphatic heterocycles. The third kappa shape index (κ3) is 3.64. The Hall–Kier alpha value is -1.74. The van der Waals surface area contributed by atoms with Gasteiger partial charge in [0.15, 0.2) is 0 Å². The van der Waals surface area contributed by atoms with Crippen molar-refractivity contribution in [2.75, 3.05) is 7.05 Å². The Morgan fingerprint density at radius 2 is 2.06 bits per heavy atom. The van der Waals surface area contributed by atoms with Crippen molar-refractivity contribution in [2.24, 2.45) is 0 Å². The fourth-order valence-electron chi connectivity index (χ4n) is 2.00. The fourth-order valence-corrected chi connectivity index (χ4v) is 2.00. The van der Waals surface area contributed by atoms with Crippen LogP contribution >= 0.6 is 0 Å². The molecular weight excluding hydrogens is 227 g/mol. The van der Waals surface area contributed by atoms with E-state index in [1.165, 1.54) is 6.07 Å². The Balaban J connectivity index is 2.01. The lowest BCUT2D eigenvalue weighted by Crippen LogP contribution is -2.30. The molecule has 94 valence electrons. The first-order valence-electron chi connectivity index (χ1n) is 6.09. The van der Waals surface area contributed by atoms with Crippen molar-refractivity contribution in [3.8, 4) is 0 Å². The zero-order valence-corrected chi connectivity index (χ0v) is 10.4. The summed E-state index contributed by atoms with van der Waals surface area (Å²) in [6, 6.07) is 12.9. The van der Waals surface area contributed by atoms with Gasteiger partial charge in [-0.1, -0.05) is 18.2 Å². The van der Waals surface area contributed by atoms with Gasteiger partial charge in [0.1, 0.15) is 5.82 Å². The topological polar surface area (TPSA) is 24.9 Å². The smallest absolute Gasteiger partial charge is 0.123 e. The van der Waals surface area contributed by atoms with Gasteiger partial charge in [0.25, 0.3) is 0 Å². The number of nitrogens with zero attached hydrogens (tertiary/aromatic N) is 1. The van der Waals surface area contributed by atoms with Crippen molar-refractivity contribution >= 4 is 0 Å². The van der Waals surface area contributed by atoms with Crippen molar-refractivity contribution in [1.82, 2.24) is 10.3 Å². The van der Waals surface area contributed by atoms with E-state index in [4.69, 9.17) is 0 Å². The van der Waals surface area contributed by atoms with Gasteiger partial charge in [-0.05, 0) is 43.3 Å². The maximum atomic E-state index is 13.1. The molecular formula is C15H17FN2. The average molecular weight is 244 g/mol. The summed E-state index contributed by atoms with van der Waals surface area (Å²) in [5.41, 5.74) is 2.05. The second kappa shape index (κ2) is 6.26. The quantitative estimate of drug-likeness (QED) is 0.874. The number of aromatic nitrogens is 1. The molecule has 0 bridgehead atoms. The molecule has 1 aromatic heterocycles. The molecule has 0 amide bonds. The molecule has 2 aromatic rings. The van der Waals surface area contributed by atoms with Gasteiger partial charge >= 0.3 is 0 Å². The van der Waals surface area contributed by atoms with Gasteiger partial charge in [-0.25, -0.2) is 4.39 Å². The number of nitrogens with one attached hydrogen (secondary N) is 1. The zero-order chi connectivity index (χ0) is 12.8. The molecule has 0 saturated carbocycles. The van der Waals surface area contributed by atoms with Crippen LogP contribution in [-0.4, -0.2) is 18.1 Å². The van der Waals surface area contributed by atoms with E-state index < -0.39 is 0 Å². The van der Waals surface area contributed by atoms with E-state index in [9.17, 15) is 4.39 Å². The normalized spacial score (nSPS) is 12.3. The van der Waals surface area contributed by atoms with Crippen LogP contribution in [0.1, 0.15) is 11.3 Å². The van der Waals surface area contributed by atoms with Gasteiger partial charge in [0.05, 0.1) is 0 Å². The number of hydrogen-bond acceptors (Lipinski definition) is 2. The van der Waals surface area contributed by atoms with Gasteiger partial charge in [-0.2, -0.15) is 0 Å². The molecule has 0 aliphatic carbocycles. The fraction of sp³-hybridized carbons (Fsp3) is 0.267. The predicted molar refractivity (Wildman–Crippen MR) is 70.9 cm³/mol. The Labute approximate surface area is 107 Å². The summed E-state index contributed by atoms with van der Waals surface area (Å²) in [5, 5.41) is 3.26. The molecule has 3 heteroatoms. The van der Waals surface area contributed by atoms with Crippen molar-refractivity contribution in [3.63, 3.8) is 0 Å². The Bertz CT molecular complexity index is 485. The third-order valence-electron chi connectivity index (χ3n) is 2.96. The molecule has 2 rings (SSSR count). The first-order chi connectivity index (χ1) is 8.78. The summed E-state index contributed by atoms with van der Waals surface area (Å²) in [6.45, 7) is 0. The Morgan fingerprint density at radius 1 is 1.17 bits per heavy atom. The molecule has 1 atom stereocenters. The van der Waals surface area contributed by atoms with Crippen molar-refractivity contribution in [1.29, 1.82) is 0 Å². The van der Waals surface area contributed by atoms with E-state index in [-0.39, 0.29) is 11.9 Å². The van der Waals surface area contributed by atoms with Gasteiger partial charge in [-0.15, -0.1) is 0 Å². The Morgan fingerprint density at radius 3 is 2.72 bits per heavy atom. The van der Waals surface area contributed by atoms with Crippen molar-refractivity contribution in [2.45, 2.75) is 18.9 Å². The van der Waals surface area contributed by atoms with Gasteiger partial charge in [0, 0.05) is 24.4 Å². The third-order valence-corrected chi connectivity index (χ3v) is 2.96. The van der Waals surface area contributed by atoms with Gasteiger partial charge in [0.2, 0.25) is 0 Å². The molecule has 0 aliphatic rings. The summed E-state index contributed by atoms with van der Waals surface area (Å²) < 4.78 is 13.1. The number of hydrogen-bond donors (Lipinski definition) is 1. The minimum atomic E-state index is -0.180. The number of benzene rings is 1. The summed E-state index contributed by atoms with van der Waals surface area (Å²) in [6.07, 6.45) is 3.43. The van der Waals surface area contributed by atoms with Crippen LogP contribution in [0.25, 0.3) is 0 Å². The lowest BCUT2D eigenvalue weighted by Gasteiger charge is -2.15. The molecule has 1 unspecified atom stereocenters. The zero-order valence-electron chi connectivity index (χ0n) is 10.4. The predicted octanol–water partition coefficient (Wildman–Crippen LogP) is 2.59. The summed E-state index contributed by atoms with van der Waals surface area (Å²) >= 11 is 0. The minimum absolute atomic E-state index is 0.180. The molecule has 18 heavy (non-hydrogen) atoms. The van der Waals surface area contributed by atoms with Crippen LogP contribution in [0.2, 0.25) is 0 Å². The van der Waals surface area contributed by atoms with Crippen LogP contribution in [0.3, 0.4) is 0 Å². The van der Waals surface area contributed by atoms with E-state index >= 15 is 0 Å². The van der Waals surface area contributed by atoms with Crippen LogP contribution in [0.15, 0.2) is 48.7 Å². The minimum Gasteiger partial charge on any atom is -0.316 e. The largest absolute Gasteiger partial charge is 0.316 e. The summed E-state index contributed by atoms with van der Waals surface area (Å²) in [4.78, 5) is 4.31. The molecule has 0 radical (unpaired) electrons. The summed E-state index contributed by atoms with van der Waals surface area (Å²) in [7, 11) is 1.92. The monoisotopic (exact) mass is 244 g/mol. The van der Waals surface area contributed by atoms with E-state index in [0.29, 0.717) is 0 Å². The van der Waals surface area contributed by atoms with Gasteiger partial charge < -0.3 is 5.32 Å². The molecule has 1 heterocycles. The van der Waals surface area contributed by atoms with E-state index in [1.54, 1.807) is 18.3 Å². The lowest BCUT2D eigenvalue weighted by atomic mass is 10.0. The lowest BCUT2D eigenvalue weighted by molar-refractivity contribution is 0.547. The second-order valence-electron chi connectivity index (χ2n) is 4.34. The first kappa shape index (κ1) is 12.7. The maximum absolute atomic E-state index is 13.1. The summed E-state index contributed by atoms with van der Waals surface area (Å²) in [5.74, 6) is -0.180. The van der Waals surface area contributed by atoms with E-state index in [2.05, 4.69) is 10.3 Å². The molecule has 1 aromatic carbocycles. The first-order valence-corrected chi connectivity index (χ1v) is 6.09. The highest BCUT2D eigenvalue weighted by molar-refractivity contribution is 5.18. The number of halogens is 1. The van der Waals surface area contributed by atoms with E-state index in [1.807, 2.05) is 31.3 Å². The Kier molecular flexibility index (Phi) is 4.42. The highest BCUT2D eigenvalue weighted by Gasteiger charge is 2.09. The molecule has 2 nitrogen and oxygen atoms in total. The second-order valence-corrected chi connectivity index (χ2v) is 4.34. The number of likely N-dealkylation sites (N-methyl/N-ethyl adjacent to an activating group) is 1. The van der Waals surface area contributed by atoms with Crippen molar-refractivity contribution in [3.05, 3.63) is 65.7 Å². The molecule has 1 N–H and O–H groups in total. The van der Waals surface area contributed by atoms with Crippen LogP contribution < -0.4 is 5.32 Å². The van der Waals surface area contributed by atoms with E-state index in [0.717, 1.165) is 24.1 Å². The van der Waals surface area contributed by atoms with Crippen LogP contribution in [-0.2, 0) is 12.8 Å². The van der Waals surface area contributed by atoms with Crippen LogP contribution in [0.4, 0.5) is 4.39 Å². The van der Waals surface area contributed by atoms with Crippen LogP contribution in [0.5, 0.6) is 0 Å². The molecule has 0 saturated heterocycles. The van der Waals surface area contributed by atoms with Crippen molar-refractivity contribution < 1.29 is 4.39 Å². The number of pyridine rings is 1. The van der Waals surface area contributed by atoms with Crippen LogP contribution in [0, 0.1) is 5.82 Å². The SMILES string of the molecule is CNC(Cc1cccc(F)c1)Cc1ccccn1.